The second kappa shape index (κ2) is 13.8. The molecule has 0 aromatic heterocycles. The molecule has 2 amide bonds. The zero-order valence-electron chi connectivity index (χ0n) is 21.4. The predicted octanol–water partition coefficient (Wildman–Crippen LogP) is 6.69. The average Bonchev–Trinajstić information content (AvgIpc) is 3.40. The van der Waals surface area contributed by atoms with Crippen molar-refractivity contribution in [2.75, 3.05) is 5.75 Å². The number of thioether (sulfide) groups is 1. The first-order valence-electron chi connectivity index (χ1n) is 13.0. The van der Waals surface area contributed by atoms with Crippen molar-refractivity contribution >= 4 is 39.5 Å². The van der Waals surface area contributed by atoms with Crippen molar-refractivity contribution in [1.29, 1.82) is 0 Å². The first-order chi connectivity index (χ1) is 18.0. The van der Waals surface area contributed by atoms with E-state index in [0.717, 1.165) is 47.0 Å². The highest BCUT2D eigenvalue weighted by molar-refractivity contribution is 9.10. The summed E-state index contributed by atoms with van der Waals surface area (Å²) in [6.45, 7) is 2.47. The number of halogens is 1. The third-order valence-electron chi connectivity index (χ3n) is 6.79. The standard InChI is InChI=1S/C31H35BrN2O2S/c1-23-9-7-13-26(17-23)21-37-22-30(35)34(20-25-12-8-14-27(32)18-25)29(19-24-10-3-2-4-11-24)31(36)33-28-15-5-6-16-28/h2-4,7-14,17-18,28-29H,5-6,15-16,19-22H2,1H3,(H,33,36)/t29-/m1/s1. The Bertz CT molecular complexity index is 1180. The molecule has 3 aromatic carbocycles. The van der Waals surface area contributed by atoms with Crippen LogP contribution in [-0.2, 0) is 28.3 Å². The lowest BCUT2D eigenvalue weighted by Crippen LogP contribution is -2.52. The number of carbonyl (C=O) groups is 2. The summed E-state index contributed by atoms with van der Waals surface area (Å²) >= 11 is 5.16. The van der Waals surface area contributed by atoms with E-state index < -0.39 is 6.04 Å². The second-order valence-electron chi connectivity index (χ2n) is 9.83. The summed E-state index contributed by atoms with van der Waals surface area (Å²) in [5.41, 5.74) is 4.47. The Morgan fingerprint density at radius 1 is 0.946 bits per heavy atom. The molecule has 0 spiro atoms. The van der Waals surface area contributed by atoms with Crippen molar-refractivity contribution in [3.05, 3.63) is 106 Å². The van der Waals surface area contributed by atoms with Crippen LogP contribution in [0.15, 0.2) is 83.3 Å². The maximum absolute atomic E-state index is 13.8. The fourth-order valence-corrected chi connectivity index (χ4v) is 6.20. The van der Waals surface area contributed by atoms with Gasteiger partial charge in [0.15, 0.2) is 0 Å². The van der Waals surface area contributed by atoms with Gasteiger partial charge < -0.3 is 10.2 Å². The zero-order chi connectivity index (χ0) is 26.0. The molecule has 0 radical (unpaired) electrons. The van der Waals surface area contributed by atoms with Gasteiger partial charge >= 0.3 is 0 Å². The van der Waals surface area contributed by atoms with Gasteiger partial charge in [-0.05, 0) is 48.6 Å². The molecule has 0 aliphatic heterocycles. The smallest absolute Gasteiger partial charge is 0.243 e. The van der Waals surface area contributed by atoms with Gasteiger partial charge in [-0.2, -0.15) is 0 Å². The van der Waals surface area contributed by atoms with Gasteiger partial charge in [0.2, 0.25) is 11.8 Å². The molecule has 1 aliphatic rings. The highest BCUT2D eigenvalue weighted by Crippen LogP contribution is 2.22. The number of nitrogens with one attached hydrogen (secondary N) is 1. The van der Waals surface area contributed by atoms with E-state index in [0.29, 0.717) is 18.7 Å². The molecule has 4 nitrogen and oxygen atoms in total. The number of aryl methyl sites for hydroxylation is 1. The van der Waals surface area contributed by atoms with E-state index in [1.807, 2.05) is 54.6 Å². The third kappa shape index (κ3) is 8.47. The van der Waals surface area contributed by atoms with E-state index in [1.165, 1.54) is 11.1 Å². The minimum absolute atomic E-state index is 0.0138. The Morgan fingerprint density at radius 3 is 2.38 bits per heavy atom. The summed E-state index contributed by atoms with van der Waals surface area (Å²) in [5.74, 6) is 1.02. The molecular formula is C31H35BrN2O2S. The molecule has 37 heavy (non-hydrogen) atoms. The highest BCUT2D eigenvalue weighted by atomic mass is 79.9. The van der Waals surface area contributed by atoms with Crippen LogP contribution >= 0.6 is 27.7 Å². The van der Waals surface area contributed by atoms with Crippen LogP contribution in [-0.4, -0.2) is 34.6 Å². The number of rotatable bonds is 11. The minimum Gasteiger partial charge on any atom is -0.352 e. The highest BCUT2D eigenvalue weighted by Gasteiger charge is 2.32. The molecule has 1 aliphatic carbocycles. The molecule has 0 saturated heterocycles. The second-order valence-corrected chi connectivity index (χ2v) is 11.7. The minimum atomic E-state index is -0.575. The summed E-state index contributed by atoms with van der Waals surface area (Å²) in [5, 5.41) is 3.27. The summed E-state index contributed by atoms with van der Waals surface area (Å²) in [6, 6.07) is 26.0. The van der Waals surface area contributed by atoms with Gasteiger partial charge in [0.05, 0.1) is 5.75 Å². The summed E-state index contributed by atoms with van der Waals surface area (Å²) < 4.78 is 0.959. The third-order valence-corrected chi connectivity index (χ3v) is 8.27. The fourth-order valence-electron chi connectivity index (χ4n) is 4.89. The Kier molecular flexibility index (Phi) is 10.3. The SMILES string of the molecule is Cc1cccc(CSCC(=O)N(Cc2cccc(Br)c2)[C@H](Cc2ccccc2)C(=O)NC2CCCC2)c1. The maximum Gasteiger partial charge on any atom is 0.243 e. The summed E-state index contributed by atoms with van der Waals surface area (Å²) in [4.78, 5) is 29.3. The van der Waals surface area contributed by atoms with E-state index in [2.05, 4.69) is 52.4 Å². The Morgan fingerprint density at radius 2 is 1.65 bits per heavy atom. The molecule has 1 fully saturated rings. The van der Waals surface area contributed by atoms with Gasteiger partial charge in [-0.1, -0.05) is 101 Å². The number of nitrogens with zero attached hydrogens (tertiary/aromatic N) is 1. The van der Waals surface area contributed by atoms with Crippen LogP contribution in [0.25, 0.3) is 0 Å². The molecule has 6 heteroatoms. The van der Waals surface area contributed by atoms with Crippen LogP contribution in [0.2, 0.25) is 0 Å². The molecule has 1 atom stereocenters. The fraction of sp³-hybridized carbons (Fsp3) is 0.355. The summed E-state index contributed by atoms with van der Waals surface area (Å²) in [6.07, 6.45) is 4.79. The molecule has 0 unspecified atom stereocenters. The van der Waals surface area contributed by atoms with Gasteiger partial charge in [-0.3, -0.25) is 9.59 Å². The van der Waals surface area contributed by atoms with Crippen LogP contribution in [0.5, 0.6) is 0 Å². The molecule has 4 rings (SSSR count). The Hall–Kier alpha value is -2.57. The number of amides is 2. The van der Waals surface area contributed by atoms with E-state index in [9.17, 15) is 9.59 Å². The van der Waals surface area contributed by atoms with Gasteiger partial charge in [-0.15, -0.1) is 11.8 Å². The molecule has 3 aromatic rings. The van der Waals surface area contributed by atoms with Crippen molar-refractivity contribution in [3.63, 3.8) is 0 Å². The maximum atomic E-state index is 13.8. The van der Waals surface area contributed by atoms with Crippen molar-refractivity contribution in [2.24, 2.45) is 0 Å². The number of hydrogen-bond donors (Lipinski definition) is 1. The van der Waals surface area contributed by atoms with Crippen LogP contribution in [0.4, 0.5) is 0 Å². The lowest BCUT2D eigenvalue weighted by atomic mass is 10.0. The van der Waals surface area contributed by atoms with E-state index in [1.54, 1.807) is 16.7 Å². The first kappa shape index (κ1) is 27.5. The van der Waals surface area contributed by atoms with Crippen molar-refractivity contribution in [3.8, 4) is 0 Å². The quantitative estimate of drug-likeness (QED) is 0.276. The lowest BCUT2D eigenvalue weighted by molar-refractivity contribution is -0.139. The molecular weight excluding hydrogens is 544 g/mol. The van der Waals surface area contributed by atoms with Gasteiger partial charge in [0.25, 0.3) is 0 Å². The average molecular weight is 580 g/mol. The number of hydrogen-bond acceptors (Lipinski definition) is 3. The predicted molar refractivity (Wildman–Crippen MR) is 156 cm³/mol. The normalized spacial score (nSPS) is 14.3. The van der Waals surface area contributed by atoms with Crippen LogP contribution < -0.4 is 5.32 Å². The van der Waals surface area contributed by atoms with Crippen molar-refractivity contribution in [2.45, 2.75) is 63.4 Å². The number of benzene rings is 3. The van der Waals surface area contributed by atoms with Crippen LogP contribution in [0, 0.1) is 6.92 Å². The Labute approximate surface area is 233 Å². The molecule has 0 heterocycles. The van der Waals surface area contributed by atoms with Crippen LogP contribution in [0.3, 0.4) is 0 Å². The van der Waals surface area contributed by atoms with Gasteiger partial charge in [0, 0.05) is 29.2 Å². The van der Waals surface area contributed by atoms with E-state index >= 15 is 0 Å². The van der Waals surface area contributed by atoms with Gasteiger partial charge in [0.1, 0.15) is 6.04 Å². The van der Waals surface area contributed by atoms with Crippen LogP contribution in [0.1, 0.15) is 47.9 Å². The molecule has 0 bridgehead atoms. The Balaban J connectivity index is 1.56. The lowest BCUT2D eigenvalue weighted by Gasteiger charge is -2.32. The van der Waals surface area contributed by atoms with E-state index in [-0.39, 0.29) is 17.9 Å². The van der Waals surface area contributed by atoms with Crippen molar-refractivity contribution in [1.82, 2.24) is 10.2 Å². The van der Waals surface area contributed by atoms with Crippen molar-refractivity contribution < 1.29 is 9.59 Å². The molecule has 1 N–H and O–H groups in total. The topological polar surface area (TPSA) is 49.4 Å². The van der Waals surface area contributed by atoms with E-state index in [4.69, 9.17) is 0 Å². The summed E-state index contributed by atoms with van der Waals surface area (Å²) in [7, 11) is 0. The molecule has 194 valence electrons. The van der Waals surface area contributed by atoms with Gasteiger partial charge in [-0.25, -0.2) is 0 Å². The molecule has 1 saturated carbocycles. The monoisotopic (exact) mass is 578 g/mol. The largest absolute Gasteiger partial charge is 0.352 e. The number of carbonyl (C=O) groups excluding carboxylic acids is 2. The zero-order valence-corrected chi connectivity index (χ0v) is 23.8. The first-order valence-corrected chi connectivity index (χ1v) is 14.9.